The molecule has 26 heavy (non-hydrogen) atoms. The third kappa shape index (κ3) is 4.15. The molecule has 4 nitrogen and oxygen atoms in total. The maximum absolute atomic E-state index is 11.3. The molecule has 0 spiro atoms. The Hall–Kier alpha value is -2.14. The Balaban J connectivity index is 0.00000117. The molecule has 2 aromatic carbocycles. The molecule has 0 saturated heterocycles. The number of nitrogens with one attached hydrogen (secondary N) is 1. The number of benzene rings is 2. The molecule has 0 amide bonds. The van der Waals surface area contributed by atoms with E-state index in [0.717, 1.165) is 27.9 Å². The molecule has 0 fully saturated rings. The highest BCUT2D eigenvalue weighted by Gasteiger charge is 2.30. The van der Waals surface area contributed by atoms with Crippen LogP contribution in [0.5, 0.6) is 0 Å². The van der Waals surface area contributed by atoms with Gasteiger partial charge in [0.25, 0.3) is 0 Å². The van der Waals surface area contributed by atoms with Gasteiger partial charge >= 0.3 is 0 Å². The maximum Gasteiger partial charge on any atom is 0.116 e. The fourth-order valence-electron chi connectivity index (χ4n) is 2.96. The summed E-state index contributed by atoms with van der Waals surface area (Å²) in [4.78, 5) is 0. The summed E-state index contributed by atoms with van der Waals surface area (Å²) < 4.78 is 0. The number of nitrogens with two attached hydrogens (primary N) is 1. The molecule has 1 unspecified atom stereocenters. The van der Waals surface area contributed by atoms with Gasteiger partial charge in [-0.3, -0.25) is 5.10 Å². The molecule has 3 rings (SSSR count). The zero-order valence-electron chi connectivity index (χ0n) is 15.5. The van der Waals surface area contributed by atoms with Gasteiger partial charge in [-0.25, -0.2) is 0 Å². The van der Waals surface area contributed by atoms with Crippen molar-refractivity contribution in [1.29, 1.82) is 0 Å². The molecule has 0 aliphatic heterocycles. The number of hydrogen-bond donors (Lipinski definition) is 3. The molecule has 1 aromatic heterocycles. The van der Waals surface area contributed by atoms with Crippen molar-refractivity contribution in [2.75, 3.05) is 6.54 Å². The number of rotatable bonds is 5. The van der Waals surface area contributed by atoms with E-state index in [1.807, 2.05) is 57.2 Å². The number of aryl methyl sites for hydroxylation is 1. The van der Waals surface area contributed by atoms with Crippen molar-refractivity contribution in [3.63, 3.8) is 0 Å². The summed E-state index contributed by atoms with van der Waals surface area (Å²) in [6, 6.07) is 15.1. The van der Waals surface area contributed by atoms with Crippen LogP contribution in [-0.2, 0) is 5.60 Å². The zero-order valence-corrected chi connectivity index (χ0v) is 16.2. The number of aliphatic hydroxyl groups is 1. The van der Waals surface area contributed by atoms with E-state index in [9.17, 15) is 5.11 Å². The Morgan fingerprint density at radius 1 is 1.04 bits per heavy atom. The smallest absolute Gasteiger partial charge is 0.116 e. The molecule has 0 bridgehead atoms. The van der Waals surface area contributed by atoms with Crippen molar-refractivity contribution >= 4 is 11.6 Å². The highest BCUT2D eigenvalue weighted by atomic mass is 35.5. The summed E-state index contributed by atoms with van der Waals surface area (Å²) in [6.07, 6.45) is 2.23. The lowest BCUT2D eigenvalue weighted by Gasteiger charge is -2.29. The van der Waals surface area contributed by atoms with E-state index < -0.39 is 5.60 Å². The summed E-state index contributed by atoms with van der Waals surface area (Å²) in [7, 11) is 0. The van der Waals surface area contributed by atoms with Gasteiger partial charge in [-0.2, -0.15) is 5.10 Å². The maximum atomic E-state index is 11.3. The van der Waals surface area contributed by atoms with Crippen LogP contribution in [0, 0.1) is 6.92 Å². The highest BCUT2D eigenvalue weighted by Crippen LogP contribution is 2.34. The first-order valence-electron chi connectivity index (χ1n) is 8.84. The van der Waals surface area contributed by atoms with Crippen molar-refractivity contribution in [3.05, 3.63) is 76.6 Å². The van der Waals surface area contributed by atoms with Crippen molar-refractivity contribution in [1.82, 2.24) is 10.2 Å². The predicted molar refractivity (Wildman–Crippen MR) is 108 cm³/mol. The first-order chi connectivity index (χ1) is 12.5. The van der Waals surface area contributed by atoms with Crippen molar-refractivity contribution in [3.8, 4) is 11.1 Å². The van der Waals surface area contributed by atoms with E-state index in [1.54, 1.807) is 18.3 Å². The first-order valence-corrected chi connectivity index (χ1v) is 9.22. The van der Waals surface area contributed by atoms with Crippen LogP contribution in [0.4, 0.5) is 0 Å². The Morgan fingerprint density at radius 2 is 1.58 bits per heavy atom. The largest absolute Gasteiger partial charge is 0.380 e. The van der Waals surface area contributed by atoms with E-state index in [0.29, 0.717) is 18.0 Å². The zero-order chi connectivity index (χ0) is 19.2. The second-order valence-corrected chi connectivity index (χ2v) is 6.33. The van der Waals surface area contributed by atoms with E-state index in [4.69, 9.17) is 17.3 Å². The van der Waals surface area contributed by atoms with Crippen LogP contribution < -0.4 is 5.73 Å². The van der Waals surface area contributed by atoms with E-state index in [1.165, 1.54) is 0 Å². The number of nitrogens with zero attached hydrogens (tertiary/aromatic N) is 1. The Kier molecular flexibility index (Phi) is 6.98. The van der Waals surface area contributed by atoms with Crippen molar-refractivity contribution < 1.29 is 5.11 Å². The third-order valence-electron chi connectivity index (χ3n) is 4.33. The SMILES string of the molecule is CC.Cc1[nH]ncc1-c1ccc(C(O)(CCN)c2ccc(Cl)cc2)cc1. The van der Waals surface area contributed by atoms with Crippen LogP contribution in [0.15, 0.2) is 54.7 Å². The predicted octanol–water partition coefficient (Wildman–Crippen LogP) is 4.65. The van der Waals surface area contributed by atoms with Crippen LogP contribution in [-0.4, -0.2) is 21.8 Å². The second kappa shape index (κ2) is 8.99. The standard InChI is InChI=1S/C19H20ClN3O.C2H6/c1-13-18(12-22-23-13)14-2-4-15(5-3-14)19(24,10-11-21)16-6-8-17(20)9-7-16;1-2/h2-9,12,24H,10-11,21H2,1H3,(H,22,23);1-2H3. The summed E-state index contributed by atoms with van der Waals surface area (Å²) in [5.41, 5.74) is 9.31. The normalized spacial score (nSPS) is 12.8. The van der Waals surface area contributed by atoms with E-state index in [-0.39, 0.29) is 0 Å². The average Bonchev–Trinajstić information content (AvgIpc) is 3.10. The second-order valence-electron chi connectivity index (χ2n) is 5.89. The molecular weight excluding hydrogens is 346 g/mol. The fourth-order valence-corrected chi connectivity index (χ4v) is 3.08. The summed E-state index contributed by atoms with van der Waals surface area (Å²) >= 11 is 5.96. The summed E-state index contributed by atoms with van der Waals surface area (Å²) in [6.45, 7) is 6.36. The van der Waals surface area contributed by atoms with Crippen molar-refractivity contribution in [2.24, 2.45) is 5.73 Å². The monoisotopic (exact) mass is 371 g/mol. The number of aromatic nitrogens is 2. The van der Waals surface area contributed by atoms with Crippen molar-refractivity contribution in [2.45, 2.75) is 32.8 Å². The quantitative estimate of drug-likeness (QED) is 0.611. The first kappa shape index (κ1) is 20.2. The Labute approximate surface area is 160 Å². The van der Waals surface area contributed by atoms with Gasteiger partial charge in [0, 0.05) is 16.3 Å². The summed E-state index contributed by atoms with van der Waals surface area (Å²) in [5.74, 6) is 0. The molecule has 138 valence electrons. The number of aromatic amines is 1. The minimum atomic E-state index is -1.14. The molecule has 1 heterocycles. The van der Waals surface area contributed by atoms with Gasteiger partial charge in [0.15, 0.2) is 0 Å². The molecule has 0 radical (unpaired) electrons. The minimum absolute atomic E-state index is 0.377. The summed E-state index contributed by atoms with van der Waals surface area (Å²) in [5, 5.41) is 18.9. The van der Waals surface area contributed by atoms with Gasteiger partial charge in [-0.05, 0) is 48.7 Å². The Morgan fingerprint density at radius 3 is 2.04 bits per heavy atom. The van der Waals surface area contributed by atoms with Crippen LogP contribution >= 0.6 is 11.6 Å². The van der Waals surface area contributed by atoms with Gasteiger partial charge in [0.2, 0.25) is 0 Å². The molecule has 4 N–H and O–H groups in total. The number of hydrogen-bond acceptors (Lipinski definition) is 3. The van der Waals surface area contributed by atoms with Crippen LogP contribution in [0.1, 0.15) is 37.1 Å². The topological polar surface area (TPSA) is 74.9 Å². The van der Waals surface area contributed by atoms with Crippen LogP contribution in [0.3, 0.4) is 0 Å². The molecule has 0 aliphatic carbocycles. The molecule has 1 atom stereocenters. The van der Waals surface area contributed by atoms with E-state index >= 15 is 0 Å². The molecule has 3 aromatic rings. The molecular formula is C21H26ClN3O. The van der Waals surface area contributed by atoms with Crippen LogP contribution in [0.25, 0.3) is 11.1 Å². The highest BCUT2D eigenvalue weighted by molar-refractivity contribution is 6.30. The lowest BCUT2D eigenvalue weighted by atomic mass is 9.83. The van der Waals surface area contributed by atoms with Gasteiger partial charge in [0.05, 0.1) is 6.20 Å². The Bertz CT molecular complexity index is 812. The van der Waals surface area contributed by atoms with Gasteiger partial charge in [-0.1, -0.05) is 61.8 Å². The van der Waals surface area contributed by atoms with Gasteiger partial charge in [-0.15, -0.1) is 0 Å². The minimum Gasteiger partial charge on any atom is -0.380 e. The van der Waals surface area contributed by atoms with Crippen LogP contribution in [0.2, 0.25) is 5.02 Å². The average molecular weight is 372 g/mol. The van der Waals surface area contributed by atoms with Gasteiger partial charge in [0.1, 0.15) is 5.60 Å². The lowest BCUT2D eigenvalue weighted by Crippen LogP contribution is -2.30. The van der Waals surface area contributed by atoms with E-state index in [2.05, 4.69) is 10.2 Å². The fraction of sp³-hybridized carbons (Fsp3) is 0.286. The number of H-pyrrole nitrogens is 1. The molecule has 0 aliphatic rings. The number of halogens is 1. The lowest BCUT2D eigenvalue weighted by molar-refractivity contribution is 0.0737. The third-order valence-corrected chi connectivity index (χ3v) is 4.58. The molecule has 5 heteroatoms. The molecule has 0 saturated carbocycles. The van der Waals surface area contributed by atoms with Gasteiger partial charge < -0.3 is 10.8 Å².